The minimum atomic E-state index is -0.681. The lowest BCUT2D eigenvalue weighted by molar-refractivity contribution is 0.0993. The van der Waals surface area contributed by atoms with Gasteiger partial charge in [-0.05, 0) is 24.3 Å². The molecule has 6 nitrogen and oxygen atoms in total. The molecule has 0 spiro atoms. The number of nitrogens with zero attached hydrogens (tertiary/aromatic N) is 2. The largest absolute Gasteiger partial charge is 0.496 e. The Balaban J connectivity index is 2.44. The van der Waals surface area contributed by atoms with Crippen molar-refractivity contribution in [3.63, 3.8) is 0 Å². The standard InChI is InChI=1S/C13H12BrN3O3/c1-20-11-4-2-9(14)6-8(11)7-17-12(18)5-3-10(16-17)13(15)19/h2-6H,7H2,1H3,(H2,15,19). The highest BCUT2D eigenvalue weighted by Gasteiger charge is 2.09. The van der Waals surface area contributed by atoms with Gasteiger partial charge in [-0.15, -0.1) is 0 Å². The Morgan fingerprint density at radius 3 is 2.80 bits per heavy atom. The highest BCUT2D eigenvalue weighted by Crippen LogP contribution is 2.23. The summed E-state index contributed by atoms with van der Waals surface area (Å²) in [6.45, 7) is 0.183. The molecule has 0 saturated heterocycles. The summed E-state index contributed by atoms with van der Waals surface area (Å²) in [5.74, 6) is -0.0497. The fraction of sp³-hybridized carbons (Fsp3) is 0.154. The summed E-state index contributed by atoms with van der Waals surface area (Å²) >= 11 is 3.36. The van der Waals surface area contributed by atoms with Crippen LogP contribution in [0.2, 0.25) is 0 Å². The number of hydrogen-bond acceptors (Lipinski definition) is 4. The van der Waals surface area contributed by atoms with Gasteiger partial charge in [0.2, 0.25) is 0 Å². The second kappa shape index (κ2) is 5.87. The third kappa shape index (κ3) is 3.05. The van der Waals surface area contributed by atoms with Crippen LogP contribution in [0.5, 0.6) is 5.75 Å². The molecule has 104 valence electrons. The number of ether oxygens (including phenoxy) is 1. The minimum Gasteiger partial charge on any atom is -0.496 e. The molecule has 2 rings (SSSR count). The third-order valence-electron chi connectivity index (χ3n) is 2.68. The van der Waals surface area contributed by atoms with Crippen LogP contribution in [0.25, 0.3) is 0 Å². The summed E-state index contributed by atoms with van der Waals surface area (Å²) in [5.41, 5.74) is 5.64. The van der Waals surface area contributed by atoms with Crippen LogP contribution < -0.4 is 16.0 Å². The Morgan fingerprint density at radius 1 is 1.40 bits per heavy atom. The van der Waals surface area contributed by atoms with Gasteiger partial charge in [0.05, 0.1) is 13.7 Å². The van der Waals surface area contributed by atoms with Gasteiger partial charge in [0.15, 0.2) is 0 Å². The molecule has 1 aromatic heterocycles. The maximum absolute atomic E-state index is 11.8. The maximum atomic E-state index is 11.8. The molecule has 0 aliphatic heterocycles. The fourth-order valence-electron chi connectivity index (χ4n) is 1.73. The lowest BCUT2D eigenvalue weighted by Gasteiger charge is -2.10. The van der Waals surface area contributed by atoms with Crippen LogP contribution in [-0.4, -0.2) is 22.8 Å². The number of halogens is 1. The average Bonchev–Trinajstić information content (AvgIpc) is 2.41. The van der Waals surface area contributed by atoms with Gasteiger partial charge in [0, 0.05) is 16.1 Å². The number of benzene rings is 1. The van der Waals surface area contributed by atoms with Gasteiger partial charge in [0.1, 0.15) is 11.4 Å². The molecule has 0 unspecified atom stereocenters. The lowest BCUT2D eigenvalue weighted by Crippen LogP contribution is -2.26. The summed E-state index contributed by atoms with van der Waals surface area (Å²) in [6.07, 6.45) is 0. The molecule has 0 saturated carbocycles. The number of methoxy groups -OCH3 is 1. The van der Waals surface area contributed by atoms with E-state index >= 15 is 0 Å². The number of hydrogen-bond donors (Lipinski definition) is 1. The Labute approximate surface area is 123 Å². The number of aromatic nitrogens is 2. The van der Waals surface area contributed by atoms with Crippen molar-refractivity contribution in [2.24, 2.45) is 5.73 Å². The van der Waals surface area contributed by atoms with Crippen LogP contribution in [0.4, 0.5) is 0 Å². The highest BCUT2D eigenvalue weighted by atomic mass is 79.9. The number of carbonyl (C=O) groups excluding carboxylic acids is 1. The summed E-state index contributed by atoms with van der Waals surface area (Å²) < 4.78 is 7.26. The van der Waals surface area contributed by atoms with Gasteiger partial charge >= 0.3 is 0 Å². The van der Waals surface area contributed by atoms with E-state index in [1.807, 2.05) is 12.1 Å². The molecule has 2 N–H and O–H groups in total. The smallest absolute Gasteiger partial charge is 0.269 e. The van der Waals surface area contributed by atoms with Gasteiger partial charge < -0.3 is 10.5 Å². The Bertz CT molecular complexity index is 712. The topological polar surface area (TPSA) is 87.2 Å². The van der Waals surface area contributed by atoms with Crippen molar-refractivity contribution in [2.45, 2.75) is 6.54 Å². The van der Waals surface area contributed by atoms with Gasteiger partial charge in [0.25, 0.3) is 11.5 Å². The second-order valence-corrected chi connectivity index (χ2v) is 4.95. The van der Waals surface area contributed by atoms with Crippen LogP contribution in [0.1, 0.15) is 16.1 Å². The summed E-state index contributed by atoms with van der Waals surface area (Å²) in [4.78, 5) is 22.9. The van der Waals surface area contributed by atoms with Crippen molar-refractivity contribution in [1.82, 2.24) is 9.78 Å². The average molecular weight is 338 g/mol. The molecule has 1 amide bonds. The molecule has 7 heteroatoms. The van der Waals surface area contributed by atoms with E-state index in [4.69, 9.17) is 10.5 Å². The molecule has 0 radical (unpaired) electrons. The van der Waals surface area contributed by atoms with Gasteiger partial charge in [-0.3, -0.25) is 9.59 Å². The zero-order valence-corrected chi connectivity index (χ0v) is 12.3. The molecular weight excluding hydrogens is 326 g/mol. The zero-order chi connectivity index (χ0) is 14.7. The third-order valence-corrected chi connectivity index (χ3v) is 3.17. The second-order valence-electron chi connectivity index (χ2n) is 4.03. The summed E-state index contributed by atoms with van der Waals surface area (Å²) in [6, 6.07) is 8.00. The van der Waals surface area contributed by atoms with E-state index in [2.05, 4.69) is 21.0 Å². The Morgan fingerprint density at radius 2 is 2.15 bits per heavy atom. The van der Waals surface area contributed by atoms with Crippen molar-refractivity contribution in [1.29, 1.82) is 0 Å². The minimum absolute atomic E-state index is 0.0403. The summed E-state index contributed by atoms with van der Waals surface area (Å²) in [7, 11) is 1.54. The predicted molar refractivity (Wildman–Crippen MR) is 76.8 cm³/mol. The first kappa shape index (κ1) is 14.3. The van der Waals surface area contributed by atoms with Crippen molar-refractivity contribution in [3.05, 3.63) is 56.4 Å². The number of nitrogens with two attached hydrogens (primary N) is 1. The molecule has 2 aromatic rings. The fourth-order valence-corrected chi connectivity index (χ4v) is 2.13. The molecule has 1 aromatic carbocycles. The van der Waals surface area contributed by atoms with E-state index in [9.17, 15) is 9.59 Å². The maximum Gasteiger partial charge on any atom is 0.269 e. The Kier molecular flexibility index (Phi) is 4.19. The molecule has 0 atom stereocenters. The molecule has 0 fully saturated rings. The van der Waals surface area contributed by atoms with Gasteiger partial charge in [-0.2, -0.15) is 5.10 Å². The SMILES string of the molecule is COc1ccc(Br)cc1Cn1nc(C(N)=O)ccc1=O. The zero-order valence-electron chi connectivity index (χ0n) is 10.7. The van der Waals surface area contributed by atoms with Crippen LogP contribution in [0.15, 0.2) is 39.6 Å². The molecule has 0 aliphatic rings. The number of amides is 1. The van der Waals surface area contributed by atoms with Gasteiger partial charge in [-0.1, -0.05) is 15.9 Å². The van der Waals surface area contributed by atoms with E-state index in [1.54, 1.807) is 13.2 Å². The lowest BCUT2D eigenvalue weighted by atomic mass is 10.2. The normalized spacial score (nSPS) is 10.3. The predicted octanol–water partition coefficient (Wildman–Crippen LogP) is 1.16. The van der Waals surface area contributed by atoms with Gasteiger partial charge in [-0.25, -0.2) is 4.68 Å². The van der Waals surface area contributed by atoms with E-state index in [1.165, 1.54) is 16.8 Å². The molecule has 0 aliphatic carbocycles. The first-order valence-corrected chi connectivity index (χ1v) is 6.51. The van der Waals surface area contributed by atoms with Crippen LogP contribution in [0.3, 0.4) is 0 Å². The number of carbonyl (C=O) groups is 1. The molecule has 20 heavy (non-hydrogen) atoms. The molecule has 0 bridgehead atoms. The Hall–Kier alpha value is -2.15. The first-order chi connectivity index (χ1) is 9.51. The van der Waals surface area contributed by atoms with E-state index in [-0.39, 0.29) is 17.8 Å². The van der Waals surface area contributed by atoms with E-state index in [0.29, 0.717) is 5.75 Å². The highest BCUT2D eigenvalue weighted by molar-refractivity contribution is 9.10. The number of primary amides is 1. The van der Waals surface area contributed by atoms with E-state index < -0.39 is 5.91 Å². The van der Waals surface area contributed by atoms with Crippen LogP contribution in [0, 0.1) is 0 Å². The first-order valence-electron chi connectivity index (χ1n) is 5.71. The van der Waals surface area contributed by atoms with Crippen molar-refractivity contribution < 1.29 is 9.53 Å². The monoisotopic (exact) mass is 337 g/mol. The van der Waals surface area contributed by atoms with Crippen molar-refractivity contribution in [2.75, 3.05) is 7.11 Å². The van der Waals surface area contributed by atoms with Crippen molar-refractivity contribution >= 4 is 21.8 Å². The number of rotatable bonds is 4. The van der Waals surface area contributed by atoms with Crippen LogP contribution >= 0.6 is 15.9 Å². The molecular formula is C13H12BrN3O3. The van der Waals surface area contributed by atoms with E-state index in [0.717, 1.165) is 10.0 Å². The van der Waals surface area contributed by atoms with Crippen molar-refractivity contribution in [3.8, 4) is 5.75 Å². The quantitative estimate of drug-likeness (QED) is 0.906. The van der Waals surface area contributed by atoms with Crippen LogP contribution in [-0.2, 0) is 6.54 Å². The summed E-state index contributed by atoms with van der Waals surface area (Å²) in [5, 5.41) is 3.93. The molecule has 1 heterocycles.